The summed E-state index contributed by atoms with van der Waals surface area (Å²) in [5.41, 5.74) is 9.10. The van der Waals surface area contributed by atoms with Gasteiger partial charge < -0.3 is 5.11 Å². The highest BCUT2D eigenvalue weighted by molar-refractivity contribution is 7.80. The number of hydrogen-bond acceptors (Lipinski definition) is 4. The van der Waals surface area contributed by atoms with Crippen LogP contribution in [-0.2, 0) is 4.79 Å². The number of nitrogens with zero attached hydrogens (tertiary/aromatic N) is 2. The van der Waals surface area contributed by atoms with Gasteiger partial charge in [0.25, 0.3) is 0 Å². The lowest BCUT2D eigenvalue weighted by atomic mass is 9.96. The molecule has 0 aromatic heterocycles. The molecule has 1 aliphatic heterocycles. The van der Waals surface area contributed by atoms with Crippen LogP contribution in [0.1, 0.15) is 45.5 Å². The number of benzene rings is 3. The van der Waals surface area contributed by atoms with Crippen molar-refractivity contribution in [1.82, 2.24) is 5.43 Å². The van der Waals surface area contributed by atoms with Crippen molar-refractivity contribution in [3.8, 4) is 0 Å². The molecule has 1 unspecified atom stereocenters. The van der Waals surface area contributed by atoms with E-state index in [0.29, 0.717) is 16.3 Å². The van der Waals surface area contributed by atoms with Gasteiger partial charge >= 0.3 is 5.97 Å². The lowest BCUT2D eigenvalue weighted by Crippen LogP contribution is -2.28. The smallest absolute Gasteiger partial charge is 0.335 e. The van der Waals surface area contributed by atoms with E-state index < -0.39 is 11.9 Å². The molecular weight excluding hydrogens is 434 g/mol. The minimum atomic E-state index is -0.999. The molecule has 0 saturated carbocycles. The second kappa shape index (κ2) is 8.96. The first-order valence-corrected chi connectivity index (χ1v) is 10.9. The first-order valence-electron chi connectivity index (χ1n) is 10.5. The minimum absolute atomic E-state index is 0.0702. The Morgan fingerprint density at radius 3 is 2.33 bits per heavy atom. The van der Waals surface area contributed by atoms with Crippen LogP contribution in [0.2, 0.25) is 0 Å². The van der Waals surface area contributed by atoms with Crippen LogP contribution >= 0.6 is 12.2 Å². The number of aryl methyl sites for hydroxylation is 2. The Morgan fingerprint density at radius 2 is 1.67 bits per heavy atom. The minimum Gasteiger partial charge on any atom is -0.478 e. The number of amides is 1. The van der Waals surface area contributed by atoms with Crippen molar-refractivity contribution in [3.05, 3.63) is 94.5 Å². The standard InChI is InChI=1S/C26H23N3O3S/c1-15-8-13-20(14-16(15)2)29-22-7-5-4-6-21(22)23(25(29)30)17(3)27-28-24(33)18-9-11-19(12-10-18)26(31)32/h4-14,23H,1-3H3,(H,28,33)(H,31,32)/b27-17+. The summed E-state index contributed by atoms with van der Waals surface area (Å²) in [5, 5.41) is 13.5. The van der Waals surface area contributed by atoms with E-state index in [-0.39, 0.29) is 11.5 Å². The molecular formula is C26H23N3O3S. The number of thiocarbonyl (C=S) groups is 1. The normalized spacial score (nSPS) is 15.4. The average molecular weight is 458 g/mol. The summed E-state index contributed by atoms with van der Waals surface area (Å²) in [6, 6.07) is 19.9. The summed E-state index contributed by atoms with van der Waals surface area (Å²) in [5.74, 6) is -1.60. The number of para-hydroxylation sites is 1. The molecule has 3 aromatic rings. The third-order valence-electron chi connectivity index (χ3n) is 5.85. The fraction of sp³-hybridized carbons (Fsp3) is 0.154. The van der Waals surface area contributed by atoms with E-state index in [4.69, 9.17) is 17.3 Å². The predicted molar refractivity (Wildman–Crippen MR) is 134 cm³/mol. The summed E-state index contributed by atoms with van der Waals surface area (Å²) in [6.07, 6.45) is 0. The van der Waals surface area contributed by atoms with Crippen molar-refractivity contribution >= 4 is 46.2 Å². The maximum atomic E-state index is 13.5. The third-order valence-corrected chi connectivity index (χ3v) is 6.18. The van der Waals surface area contributed by atoms with Gasteiger partial charge in [-0.15, -0.1) is 0 Å². The van der Waals surface area contributed by atoms with E-state index in [1.54, 1.807) is 24.0 Å². The maximum Gasteiger partial charge on any atom is 0.335 e. The molecule has 0 spiro atoms. The number of carboxylic acid groups (broad SMARTS) is 1. The van der Waals surface area contributed by atoms with Crippen LogP contribution in [0, 0.1) is 13.8 Å². The maximum absolute atomic E-state index is 13.5. The van der Waals surface area contributed by atoms with Gasteiger partial charge in [-0.3, -0.25) is 15.1 Å². The zero-order valence-electron chi connectivity index (χ0n) is 18.5. The molecule has 0 bridgehead atoms. The molecule has 0 saturated heterocycles. The van der Waals surface area contributed by atoms with Crippen LogP contribution in [0.15, 0.2) is 71.8 Å². The molecule has 166 valence electrons. The Hall–Kier alpha value is -3.84. The second-order valence-electron chi connectivity index (χ2n) is 8.01. The van der Waals surface area contributed by atoms with E-state index in [9.17, 15) is 9.59 Å². The van der Waals surface area contributed by atoms with Crippen LogP contribution < -0.4 is 10.3 Å². The molecule has 33 heavy (non-hydrogen) atoms. The number of hydrazone groups is 1. The fourth-order valence-corrected chi connectivity index (χ4v) is 4.06. The van der Waals surface area contributed by atoms with Gasteiger partial charge in [0.2, 0.25) is 5.91 Å². The summed E-state index contributed by atoms with van der Waals surface area (Å²) >= 11 is 5.40. The molecule has 1 aliphatic rings. The largest absolute Gasteiger partial charge is 0.478 e. The van der Waals surface area contributed by atoms with Gasteiger partial charge in [-0.1, -0.05) is 48.6 Å². The third kappa shape index (κ3) is 4.27. The second-order valence-corrected chi connectivity index (χ2v) is 8.42. The zero-order chi connectivity index (χ0) is 23.7. The molecule has 3 aromatic carbocycles. The molecule has 1 amide bonds. The highest BCUT2D eigenvalue weighted by Crippen LogP contribution is 2.42. The van der Waals surface area contributed by atoms with Gasteiger partial charge in [-0.05, 0) is 67.8 Å². The number of aromatic carboxylic acids is 1. The van der Waals surface area contributed by atoms with Crippen LogP contribution in [0.25, 0.3) is 0 Å². The van der Waals surface area contributed by atoms with Gasteiger partial charge in [-0.25, -0.2) is 4.79 Å². The number of carbonyl (C=O) groups is 2. The first kappa shape index (κ1) is 22.4. The lowest BCUT2D eigenvalue weighted by molar-refractivity contribution is -0.117. The number of carbonyl (C=O) groups excluding carboxylic acids is 1. The van der Waals surface area contributed by atoms with Crippen molar-refractivity contribution in [2.75, 3.05) is 4.90 Å². The Labute approximate surface area is 197 Å². The van der Waals surface area contributed by atoms with Gasteiger partial charge in [0.15, 0.2) is 0 Å². The Bertz CT molecular complexity index is 1300. The lowest BCUT2D eigenvalue weighted by Gasteiger charge is -2.19. The van der Waals surface area contributed by atoms with Crippen molar-refractivity contribution in [2.45, 2.75) is 26.7 Å². The molecule has 2 N–H and O–H groups in total. The van der Waals surface area contributed by atoms with Crippen molar-refractivity contribution < 1.29 is 14.7 Å². The van der Waals surface area contributed by atoms with E-state index >= 15 is 0 Å². The van der Waals surface area contributed by atoms with Gasteiger partial charge in [0.1, 0.15) is 10.9 Å². The monoisotopic (exact) mass is 457 g/mol. The van der Waals surface area contributed by atoms with Gasteiger partial charge in [0, 0.05) is 11.3 Å². The molecule has 0 fully saturated rings. The fourth-order valence-electron chi connectivity index (χ4n) is 3.88. The topological polar surface area (TPSA) is 82.0 Å². The SMILES string of the molecule is C/C(=N\NC(=S)c1ccc(C(=O)O)cc1)C1C(=O)N(c2ccc(C)c(C)c2)c2ccccc21. The molecule has 6 nitrogen and oxygen atoms in total. The Morgan fingerprint density at radius 1 is 1.00 bits per heavy atom. The van der Waals surface area contributed by atoms with Crippen LogP contribution in [0.4, 0.5) is 11.4 Å². The van der Waals surface area contributed by atoms with E-state index in [1.807, 2.05) is 56.3 Å². The molecule has 7 heteroatoms. The summed E-state index contributed by atoms with van der Waals surface area (Å²) in [4.78, 5) is 26.7. The van der Waals surface area contributed by atoms with Crippen molar-refractivity contribution in [3.63, 3.8) is 0 Å². The summed E-state index contributed by atoms with van der Waals surface area (Å²) < 4.78 is 0. The van der Waals surface area contributed by atoms with Crippen LogP contribution in [-0.4, -0.2) is 27.7 Å². The number of rotatable bonds is 5. The van der Waals surface area contributed by atoms with Crippen LogP contribution in [0.3, 0.4) is 0 Å². The van der Waals surface area contributed by atoms with E-state index in [2.05, 4.69) is 10.5 Å². The van der Waals surface area contributed by atoms with Crippen LogP contribution in [0.5, 0.6) is 0 Å². The molecule has 1 heterocycles. The zero-order valence-corrected chi connectivity index (χ0v) is 19.3. The molecule has 1 atom stereocenters. The average Bonchev–Trinajstić information content (AvgIpc) is 3.11. The molecule has 4 rings (SSSR count). The quantitative estimate of drug-likeness (QED) is 0.316. The summed E-state index contributed by atoms with van der Waals surface area (Å²) in [6.45, 7) is 5.87. The van der Waals surface area contributed by atoms with E-state index in [1.165, 1.54) is 17.7 Å². The highest BCUT2D eigenvalue weighted by atomic mass is 32.1. The van der Waals surface area contributed by atoms with Gasteiger partial charge in [0.05, 0.1) is 17.0 Å². The van der Waals surface area contributed by atoms with E-state index in [0.717, 1.165) is 22.5 Å². The Kier molecular flexibility index (Phi) is 6.07. The molecule has 0 aliphatic carbocycles. The number of carboxylic acids is 1. The highest BCUT2D eigenvalue weighted by Gasteiger charge is 2.39. The number of fused-ring (bicyclic) bond motifs is 1. The van der Waals surface area contributed by atoms with Crippen molar-refractivity contribution in [2.24, 2.45) is 5.10 Å². The predicted octanol–water partition coefficient (Wildman–Crippen LogP) is 5.10. The van der Waals surface area contributed by atoms with Gasteiger partial charge in [-0.2, -0.15) is 5.10 Å². The number of anilines is 2. The van der Waals surface area contributed by atoms with Crippen molar-refractivity contribution in [1.29, 1.82) is 0 Å². The number of nitrogens with one attached hydrogen (secondary N) is 1. The molecule has 0 radical (unpaired) electrons. The summed E-state index contributed by atoms with van der Waals surface area (Å²) in [7, 11) is 0. The first-order chi connectivity index (χ1) is 15.8. The number of hydrogen-bond donors (Lipinski definition) is 2. The Balaban J connectivity index is 1.60.